The van der Waals surface area contributed by atoms with E-state index >= 15 is 0 Å². The molecule has 1 unspecified atom stereocenters. The van der Waals surface area contributed by atoms with Crippen LogP contribution in [0.1, 0.15) is 20.8 Å². The zero-order valence-corrected chi connectivity index (χ0v) is 17.3. The van der Waals surface area contributed by atoms with Crippen molar-refractivity contribution in [3.05, 3.63) is 60.7 Å². The zero-order chi connectivity index (χ0) is 18.0. The van der Waals surface area contributed by atoms with Crippen molar-refractivity contribution in [1.29, 1.82) is 0 Å². The largest absolute Gasteiger partial charge is 0.261 e. The number of nitrogens with zero attached hydrogens (tertiary/aromatic N) is 2. The van der Waals surface area contributed by atoms with Crippen molar-refractivity contribution in [1.82, 2.24) is 4.31 Å². The van der Waals surface area contributed by atoms with E-state index in [0.29, 0.717) is 0 Å². The molecule has 0 aliphatic heterocycles. The van der Waals surface area contributed by atoms with Crippen LogP contribution in [0.3, 0.4) is 0 Å². The van der Waals surface area contributed by atoms with Gasteiger partial charge in [-0.05, 0) is 15.4 Å². The van der Waals surface area contributed by atoms with Gasteiger partial charge < -0.3 is 0 Å². The Bertz CT molecular complexity index is 750. The van der Waals surface area contributed by atoms with E-state index in [-0.39, 0.29) is 5.04 Å². The molecule has 0 radical (unpaired) electrons. The van der Waals surface area contributed by atoms with Crippen LogP contribution in [0.5, 0.6) is 0 Å². The molecule has 2 aromatic rings. The van der Waals surface area contributed by atoms with Crippen molar-refractivity contribution in [3.63, 3.8) is 0 Å². The third-order valence-electron chi connectivity index (χ3n) is 4.45. The van der Waals surface area contributed by atoms with Gasteiger partial charge in [0.05, 0.1) is 9.92 Å². The number of benzene rings is 2. The highest BCUT2D eigenvalue weighted by Gasteiger charge is 2.50. The van der Waals surface area contributed by atoms with E-state index in [1.807, 2.05) is 26.2 Å². The number of hydrogen-bond acceptors (Lipinski definition) is 2. The quantitative estimate of drug-likeness (QED) is 0.771. The maximum atomic E-state index is 13.3. The first-order chi connectivity index (χ1) is 11.1. The summed E-state index contributed by atoms with van der Waals surface area (Å²) in [6.45, 7) is 6.65. The number of rotatable bonds is 4. The predicted molar refractivity (Wildman–Crippen MR) is 108 cm³/mol. The molecular formula is C19H28N2OSSi. The SMILES string of the molecule is CN(C)S(C)(=O)=N[Si](c1ccccc1)(c1ccccc1)C(C)(C)C. The van der Waals surface area contributed by atoms with Crippen LogP contribution in [0.2, 0.25) is 5.04 Å². The Hall–Kier alpha value is -1.43. The van der Waals surface area contributed by atoms with Gasteiger partial charge in [0.1, 0.15) is 0 Å². The van der Waals surface area contributed by atoms with Gasteiger partial charge in [0.2, 0.25) is 0 Å². The molecule has 0 aliphatic carbocycles. The molecule has 3 nitrogen and oxygen atoms in total. The Labute approximate surface area is 148 Å². The highest BCUT2D eigenvalue weighted by Crippen LogP contribution is 2.37. The van der Waals surface area contributed by atoms with Crippen LogP contribution in [-0.4, -0.2) is 37.1 Å². The van der Waals surface area contributed by atoms with Gasteiger partial charge in [-0.2, -0.15) is 0 Å². The van der Waals surface area contributed by atoms with Crippen LogP contribution in [0.15, 0.2) is 64.7 Å². The van der Waals surface area contributed by atoms with Crippen LogP contribution in [0.4, 0.5) is 0 Å². The molecule has 5 heteroatoms. The molecule has 2 rings (SSSR count). The second-order valence-electron chi connectivity index (χ2n) is 7.36. The molecule has 24 heavy (non-hydrogen) atoms. The Morgan fingerprint density at radius 1 is 0.875 bits per heavy atom. The predicted octanol–water partition coefficient (Wildman–Crippen LogP) is 3.12. The first kappa shape index (κ1) is 18.9. The first-order valence-electron chi connectivity index (χ1n) is 8.13. The number of hydrogen-bond donors (Lipinski definition) is 0. The fourth-order valence-corrected chi connectivity index (χ4v) is 11.0. The van der Waals surface area contributed by atoms with E-state index in [0.717, 1.165) is 0 Å². The molecule has 0 amide bonds. The van der Waals surface area contributed by atoms with Crippen LogP contribution in [-0.2, 0) is 9.92 Å². The summed E-state index contributed by atoms with van der Waals surface area (Å²) < 4.78 is 20.2. The van der Waals surface area contributed by atoms with Crippen molar-refractivity contribution in [2.75, 3.05) is 20.4 Å². The molecule has 2 aromatic carbocycles. The van der Waals surface area contributed by atoms with Crippen molar-refractivity contribution < 1.29 is 4.21 Å². The van der Waals surface area contributed by atoms with Gasteiger partial charge >= 0.3 is 0 Å². The summed E-state index contributed by atoms with van der Waals surface area (Å²) in [5.74, 6) is 0. The standard InChI is InChI=1S/C19H28N2OSSi/c1-19(2,3)24(17-13-9-7-10-14-17,18-15-11-8-12-16-18)20-23(6,22)21(4)5/h7-16H,1-6H3. The first-order valence-corrected chi connectivity index (χ1v) is 12.0. The molecular weight excluding hydrogens is 332 g/mol. The molecule has 0 aromatic heterocycles. The van der Waals surface area contributed by atoms with Crippen molar-refractivity contribution in [3.8, 4) is 0 Å². The molecule has 0 spiro atoms. The molecule has 0 saturated carbocycles. The normalized spacial score (nSPS) is 15.1. The highest BCUT2D eigenvalue weighted by atomic mass is 32.2. The van der Waals surface area contributed by atoms with Gasteiger partial charge in [-0.3, -0.25) is 4.03 Å². The monoisotopic (exact) mass is 360 g/mol. The van der Waals surface area contributed by atoms with Crippen LogP contribution in [0.25, 0.3) is 0 Å². The molecule has 0 heterocycles. The Balaban J connectivity index is 2.95. The van der Waals surface area contributed by atoms with Crippen molar-refractivity contribution >= 4 is 28.5 Å². The average molecular weight is 361 g/mol. The Kier molecular flexibility index (Phi) is 5.37. The molecule has 1 atom stereocenters. The fourth-order valence-electron chi connectivity index (χ4n) is 2.97. The summed E-state index contributed by atoms with van der Waals surface area (Å²) in [6.07, 6.45) is 1.74. The maximum absolute atomic E-state index is 13.3. The fraction of sp³-hybridized carbons (Fsp3) is 0.368. The smallest absolute Gasteiger partial charge is 0.253 e. The van der Waals surface area contributed by atoms with E-state index in [2.05, 4.69) is 69.3 Å². The Morgan fingerprint density at radius 2 is 1.25 bits per heavy atom. The minimum absolute atomic E-state index is 0.121. The van der Waals surface area contributed by atoms with Crippen LogP contribution in [0, 0.1) is 0 Å². The van der Waals surface area contributed by atoms with E-state index in [1.165, 1.54) is 10.4 Å². The zero-order valence-electron chi connectivity index (χ0n) is 15.5. The van der Waals surface area contributed by atoms with E-state index in [1.54, 1.807) is 10.6 Å². The molecule has 0 saturated heterocycles. The Morgan fingerprint density at radius 3 is 1.54 bits per heavy atom. The van der Waals surface area contributed by atoms with Gasteiger partial charge in [-0.15, -0.1) is 0 Å². The van der Waals surface area contributed by atoms with Gasteiger partial charge in [0.15, 0.2) is 0 Å². The van der Waals surface area contributed by atoms with Crippen LogP contribution < -0.4 is 10.4 Å². The van der Waals surface area contributed by atoms with Crippen molar-refractivity contribution in [2.24, 2.45) is 4.03 Å². The summed E-state index contributed by atoms with van der Waals surface area (Å²) in [7, 11) is -1.43. The summed E-state index contributed by atoms with van der Waals surface area (Å²) in [6, 6.07) is 20.8. The second-order valence-corrected chi connectivity index (χ2v) is 14.4. The van der Waals surface area contributed by atoms with Gasteiger partial charge in [-0.25, -0.2) is 8.51 Å². The topological polar surface area (TPSA) is 32.7 Å². The minimum Gasteiger partial charge on any atom is -0.253 e. The maximum Gasteiger partial charge on any atom is 0.261 e. The third kappa shape index (κ3) is 3.48. The average Bonchev–Trinajstić information content (AvgIpc) is 2.53. The molecule has 0 N–H and O–H groups in total. The molecule has 130 valence electrons. The summed E-state index contributed by atoms with van der Waals surface area (Å²) >= 11 is 0. The molecule has 0 bridgehead atoms. The van der Waals surface area contributed by atoms with E-state index in [9.17, 15) is 4.21 Å². The third-order valence-corrected chi connectivity index (χ3v) is 12.8. The van der Waals surface area contributed by atoms with Crippen LogP contribution >= 0.6 is 0 Å². The van der Waals surface area contributed by atoms with E-state index in [4.69, 9.17) is 4.03 Å². The lowest BCUT2D eigenvalue weighted by molar-refractivity contribution is 0.598. The second kappa shape index (κ2) is 6.82. The highest BCUT2D eigenvalue weighted by molar-refractivity contribution is 7.91. The lowest BCUT2D eigenvalue weighted by atomic mass is 10.2. The van der Waals surface area contributed by atoms with Gasteiger partial charge in [0, 0.05) is 20.4 Å². The lowest BCUT2D eigenvalue weighted by Crippen LogP contribution is -2.63. The summed E-state index contributed by atoms with van der Waals surface area (Å²) in [5.41, 5.74) is 0. The lowest BCUT2D eigenvalue weighted by Gasteiger charge is -2.40. The molecule has 0 fully saturated rings. The van der Waals surface area contributed by atoms with Crippen molar-refractivity contribution in [2.45, 2.75) is 25.8 Å². The minimum atomic E-state index is -2.64. The van der Waals surface area contributed by atoms with Gasteiger partial charge in [-0.1, -0.05) is 81.4 Å². The van der Waals surface area contributed by atoms with Gasteiger partial charge in [0.25, 0.3) is 8.24 Å². The van der Waals surface area contributed by atoms with E-state index < -0.39 is 18.2 Å². The summed E-state index contributed by atoms with van der Waals surface area (Å²) in [5, 5.41) is 2.27. The summed E-state index contributed by atoms with van der Waals surface area (Å²) in [4.78, 5) is 0. The molecule has 0 aliphatic rings.